The Bertz CT molecular complexity index is 737. The summed E-state index contributed by atoms with van der Waals surface area (Å²) in [6.07, 6.45) is 3.05. The van der Waals surface area contributed by atoms with E-state index in [9.17, 15) is 8.42 Å². The summed E-state index contributed by atoms with van der Waals surface area (Å²) < 4.78 is 28.2. The van der Waals surface area contributed by atoms with Gasteiger partial charge in [-0.2, -0.15) is 0 Å². The molecular formula is C13H14BrN3O2S. The van der Waals surface area contributed by atoms with Gasteiger partial charge in [-0.15, -0.1) is 0 Å². The van der Waals surface area contributed by atoms with Crippen LogP contribution < -0.4 is 10.5 Å². The maximum absolute atomic E-state index is 12.5. The van der Waals surface area contributed by atoms with E-state index in [-0.39, 0.29) is 4.90 Å². The number of halogens is 1. The highest BCUT2D eigenvalue weighted by Gasteiger charge is 2.20. The molecular weight excluding hydrogens is 342 g/mol. The molecule has 106 valence electrons. The molecule has 2 rings (SSSR count). The number of aromatic nitrogens is 1. The van der Waals surface area contributed by atoms with Gasteiger partial charge in [-0.25, -0.2) is 8.42 Å². The van der Waals surface area contributed by atoms with Gasteiger partial charge >= 0.3 is 0 Å². The molecule has 0 spiro atoms. The first-order chi connectivity index (χ1) is 9.31. The number of nitrogens with zero attached hydrogens (tertiary/aromatic N) is 1. The first-order valence-electron chi connectivity index (χ1n) is 5.80. The van der Waals surface area contributed by atoms with Crippen molar-refractivity contribution in [2.45, 2.75) is 18.7 Å². The quantitative estimate of drug-likeness (QED) is 0.829. The summed E-state index contributed by atoms with van der Waals surface area (Å²) >= 11 is 3.26. The third-order valence-electron chi connectivity index (χ3n) is 2.77. The zero-order valence-corrected chi connectivity index (χ0v) is 13.4. The zero-order valence-electron chi connectivity index (χ0n) is 11.0. The molecule has 0 aliphatic heterocycles. The number of hydrogen-bond donors (Lipinski definition) is 2. The number of nitrogens with one attached hydrogen (secondary N) is 1. The van der Waals surface area contributed by atoms with E-state index in [0.717, 1.165) is 0 Å². The topological polar surface area (TPSA) is 85.1 Å². The van der Waals surface area contributed by atoms with Gasteiger partial charge in [0, 0.05) is 18.1 Å². The van der Waals surface area contributed by atoms with E-state index < -0.39 is 10.0 Å². The lowest BCUT2D eigenvalue weighted by Crippen LogP contribution is -2.16. The van der Waals surface area contributed by atoms with Gasteiger partial charge < -0.3 is 5.73 Å². The minimum atomic E-state index is -3.68. The van der Waals surface area contributed by atoms with Crippen LogP contribution in [0.1, 0.15) is 11.1 Å². The Morgan fingerprint density at radius 3 is 2.40 bits per heavy atom. The minimum absolute atomic E-state index is 0.246. The molecule has 0 fully saturated rings. The summed E-state index contributed by atoms with van der Waals surface area (Å²) in [6, 6.07) is 4.87. The lowest BCUT2D eigenvalue weighted by Gasteiger charge is -2.14. The Balaban J connectivity index is 2.50. The molecule has 3 N–H and O–H groups in total. The van der Waals surface area contributed by atoms with Crippen molar-refractivity contribution in [2.24, 2.45) is 0 Å². The van der Waals surface area contributed by atoms with Crippen LogP contribution in [-0.2, 0) is 10.0 Å². The monoisotopic (exact) mass is 355 g/mol. The van der Waals surface area contributed by atoms with Crippen molar-refractivity contribution in [3.05, 3.63) is 46.2 Å². The third-order valence-corrected chi connectivity index (χ3v) is 5.07. The fraction of sp³-hybridized carbons (Fsp3) is 0.154. The smallest absolute Gasteiger partial charge is 0.262 e. The van der Waals surface area contributed by atoms with Crippen LogP contribution in [0.4, 0.5) is 11.4 Å². The lowest BCUT2D eigenvalue weighted by molar-refractivity contribution is 0.600. The molecule has 1 aromatic heterocycles. The molecule has 0 amide bonds. The van der Waals surface area contributed by atoms with E-state index in [1.54, 1.807) is 32.0 Å². The minimum Gasteiger partial charge on any atom is -0.399 e. The van der Waals surface area contributed by atoms with Gasteiger partial charge in [0.1, 0.15) is 0 Å². The van der Waals surface area contributed by atoms with Crippen LogP contribution >= 0.6 is 15.9 Å². The summed E-state index contributed by atoms with van der Waals surface area (Å²) in [7, 11) is -3.68. The predicted molar refractivity (Wildman–Crippen MR) is 83.1 cm³/mol. The van der Waals surface area contributed by atoms with Gasteiger partial charge in [-0.3, -0.25) is 9.71 Å². The Labute approximate surface area is 126 Å². The molecule has 5 nitrogen and oxygen atoms in total. The zero-order chi connectivity index (χ0) is 14.9. The van der Waals surface area contributed by atoms with E-state index in [1.807, 2.05) is 0 Å². The largest absolute Gasteiger partial charge is 0.399 e. The second-order valence-corrected chi connectivity index (χ2v) is 6.92. The molecule has 1 heterocycles. The maximum atomic E-state index is 12.5. The molecule has 0 atom stereocenters. The summed E-state index contributed by atoms with van der Waals surface area (Å²) in [6.45, 7) is 3.44. The third kappa shape index (κ3) is 2.94. The predicted octanol–water partition coefficient (Wildman–Crippen LogP) is 2.84. The van der Waals surface area contributed by atoms with E-state index >= 15 is 0 Å². The summed E-state index contributed by atoms with van der Waals surface area (Å²) in [5, 5.41) is 0. The highest BCUT2D eigenvalue weighted by Crippen LogP contribution is 2.27. The molecule has 0 aliphatic rings. The number of nitrogens with two attached hydrogens (primary N) is 1. The van der Waals surface area contributed by atoms with Gasteiger partial charge in [-0.05, 0) is 59.1 Å². The van der Waals surface area contributed by atoms with Crippen LogP contribution in [0, 0.1) is 13.8 Å². The van der Waals surface area contributed by atoms with Crippen LogP contribution in [0.2, 0.25) is 0 Å². The van der Waals surface area contributed by atoms with Crippen molar-refractivity contribution in [3.63, 3.8) is 0 Å². The number of anilines is 2. The Morgan fingerprint density at radius 1 is 1.25 bits per heavy atom. The molecule has 0 aliphatic carbocycles. The standard InChI is InChI=1S/C13H14BrN3O2S/c1-8-5-10(15)6-9(2)13(8)20(18,19)17-12-3-4-16-7-11(12)14/h3-7H,15H2,1-2H3,(H,16,17). The number of nitrogen functional groups attached to an aromatic ring is 1. The van der Waals surface area contributed by atoms with Crippen LogP contribution in [0.3, 0.4) is 0 Å². The Hall–Kier alpha value is -1.60. The van der Waals surface area contributed by atoms with E-state index in [1.165, 1.54) is 12.4 Å². The Kier molecular flexibility index (Phi) is 4.01. The first kappa shape index (κ1) is 14.8. The lowest BCUT2D eigenvalue weighted by atomic mass is 10.1. The number of aryl methyl sites for hydroxylation is 2. The molecule has 0 bridgehead atoms. The molecule has 7 heteroatoms. The number of rotatable bonds is 3. The maximum Gasteiger partial charge on any atom is 0.262 e. The van der Waals surface area contributed by atoms with Gasteiger partial charge in [0.15, 0.2) is 0 Å². The van der Waals surface area contributed by atoms with Crippen molar-refractivity contribution >= 4 is 37.3 Å². The molecule has 0 radical (unpaired) electrons. The second-order valence-electron chi connectivity index (χ2n) is 4.44. The van der Waals surface area contributed by atoms with Crippen LogP contribution in [0.15, 0.2) is 40.0 Å². The summed E-state index contributed by atoms with van der Waals surface area (Å²) in [5.41, 5.74) is 7.93. The van der Waals surface area contributed by atoms with Crippen molar-refractivity contribution in [3.8, 4) is 0 Å². The molecule has 0 saturated heterocycles. The van der Waals surface area contributed by atoms with Crippen LogP contribution in [0.5, 0.6) is 0 Å². The summed E-state index contributed by atoms with van der Waals surface area (Å²) in [5.74, 6) is 0. The number of hydrogen-bond acceptors (Lipinski definition) is 4. The van der Waals surface area contributed by atoms with E-state index in [2.05, 4.69) is 25.6 Å². The fourth-order valence-electron chi connectivity index (χ4n) is 2.06. The van der Waals surface area contributed by atoms with Gasteiger partial charge in [0.25, 0.3) is 10.0 Å². The van der Waals surface area contributed by atoms with E-state index in [4.69, 9.17) is 5.73 Å². The fourth-order valence-corrected chi connectivity index (χ4v) is 4.08. The van der Waals surface area contributed by atoms with Gasteiger partial charge in [-0.1, -0.05) is 0 Å². The van der Waals surface area contributed by atoms with Crippen molar-refractivity contribution in [1.82, 2.24) is 4.98 Å². The van der Waals surface area contributed by atoms with Crippen molar-refractivity contribution < 1.29 is 8.42 Å². The van der Waals surface area contributed by atoms with Crippen molar-refractivity contribution in [1.29, 1.82) is 0 Å². The van der Waals surface area contributed by atoms with Crippen LogP contribution in [0.25, 0.3) is 0 Å². The SMILES string of the molecule is Cc1cc(N)cc(C)c1S(=O)(=O)Nc1ccncc1Br. The van der Waals surface area contributed by atoms with Gasteiger partial charge in [0.2, 0.25) is 0 Å². The number of sulfonamides is 1. The summed E-state index contributed by atoms with van der Waals surface area (Å²) in [4.78, 5) is 4.14. The number of benzene rings is 1. The highest BCUT2D eigenvalue weighted by molar-refractivity contribution is 9.10. The molecule has 1 aromatic carbocycles. The van der Waals surface area contributed by atoms with Gasteiger partial charge in [0.05, 0.1) is 15.1 Å². The average Bonchev–Trinajstić information content (AvgIpc) is 2.30. The average molecular weight is 356 g/mol. The molecule has 0 saturated carbocycles. The molecule has 2 aromatic rings. The van der Waals surface area contributed by atoms with Crippen molar-refractivity contribution in [2.75, 3.05) is 10.5 Å². The highest BCUT2D eigenvalue weighted by atomic mass is 79.9. The molecule has 0 unspecified atom stereocenters. The Morgan fingerprint density at radius 2 is 1.85 bits per heavy atom. The first-order valence-corrected chi connectivity index (χ1v) is 8.08. The second kappa shape index (κ2) is 5.41. The normalized spacial score (nSPS) is 11.3. The van der Waals surface area contributed by atoms with E-state index in [0.29, 0.717) is 27.0 Å². The van der Waals surface area contributed by atoms with Crippen LogP contribution in [-0.4, -0.2) is 13.4 Å². The molecule has 20 heavy (non-hydrogen) atoms. The number of pyridine rings is 1.